The Morgan fingerprint density at radius 2 is 2.07 bits per heavy atom. The van der Waals surface area contributed by atoms with Gasteiger partial charge >= 0.3 is 0 Å². The Labute approximate surface area is 91.8 Å². The third kappa shape index (κ3) is 5.36. The van der Waals surface area contributed by atoms with Crippen LogP contribution in [0, 0.1) is 5.82 Å². The van der Waals surface area contributed by atoms with Crippen molar-refractivity contribution in [2.75, 3.05) is 0 Å². The fourth-order valence-corrected chi connectivity index (χ4v) is 1.51. The molecule has 0 amide bonds. The third-order valence-corrected chi connectivity index (χ3v) is 2.38. The second kappa shape index (κ2) is 7.22. The highest BCUT2D eigenvalue weighted by molar-refractivity contribution is 5.18. The largest absolute Gasteiger partial charge is 0.207 e. The fourth-order valence-electron chi connectivity index (χ4n) is 1.51. The molecular weight excluding hydrogens is 187 g/mol. The van der Waals surface area contributed by atoms with Gasteiger partial charge in [-0.25, -0.2) is 4.39 Å². The minimum atomic E-state index is -0.146. The Hall–Kier alpha value is -1.11. The van der Waals surface area contributed by atoms with Gasteiger partial charge in [0.25, 0.3) is 0 Å². The average Bonchev–Trinajstić information content (AvgIpc) is 2.23. The number of rotatable bonds is 6. The monoisotopic (exact) mass is 206 g/mol. The van der Waals surface area contributed by atoms with E-state index in [0.717, 1.165) is 18.4 Å². The van der Waals surface area contributed by atoms with Crippen molar-refractivity contribution in [3.63, 3.8) is 0 Å². The SMILES string of the molecule is CCCCC/C=C/Cc1cccc(F)c1. The number of benzene rings is 1. The molecule has 82 valence electrons. The van der Waals surface area contributed by atoms with E-state index in [0.29, 0.717) is 0 Å². The highest BCUT2D eigenvalue weighted by Crippen LogP contribution is 2.06. The van der Waals surface area contributed by atoms with Gasteiger partial charge in [-0.1, -0.05) is 44.1 Å². The average molecular weight is 206 g/mol. The number of hydrogen-bond donors (Lipinski definition) is 0. The minimum absolute atomic E-state index is 0.146. The first-order chi connectivity index (χ1) is 7.33. The molecular formula is C14H19F. The van der Waals surface area contributed by atoms with Gasteiger partial charge in [0.15, 0.2) is 0 Å². The molecule has 0 aromatic heterocycles. The quantitative estimate of drug-likeness (QED) is 0.474. The summed E-state index contributed by atoms with van der Waals surface area (Å²) in [6.45, 7) is 2.20. The standard InChI is InChI=1S/C14H19F/c1-2-3-4-5-6-7-9-13-10-8-11-14(15)12-13/h6-8,10-12H,2-5,9H2,1H3/b7-6+. The van der Waals surface area contributed by atoms with Crippen molar-refractivity contribution < 1.29 is 4.39 Å². The normalized spacial score (nSPS) is 11.1. The first kappa shape index (κ1) is 12.0. The van der Waals surface area contributed by atoms with Gasteiger partial charge < -0.3 is 0 Å². The van der Waals surface area contributed by atoms with Gasteiger partial charge in [0.1, 0.15) is 5.82 Å². The summed E-state index contributed by atoms with van der Waals surface area (Å²) in [5, 5.41) is 0. The van der Waals surface area contributed by atoms with E-state index in [2.05, 4.69) is 19.1 Å². The molecule has 0 fully saturated rings. The van der Waals surface area contributed by atoms with E-state index in [1.807, 2.05) is 6.07 Å². The topological polar surface area (TPSA) is 0 Å². The maximum Gasteiger partial charge on any atom is 0.123 e. The van der Waals surface area contributed by atoms with Gasteiger partial charge in [0.05, 0.1) is 0 Å². The van der Waals surface area contributed by atoms with Crippen molar-refractivity contribution >= 4 is 0 Å². The summed E-state index contributed by atoms with van der Waals surface area (Å²) >= 11 is 0. The molecule has 0 bridgehead atoms. The molecule has 0 N–H and O–H groups in total. The van der Waals surface area contributed by atoms with E-state index in [-0.39, 0.29) is 5.82 Å². The van der Waals surface area contributed by atoms with E-state index in [9.17, 15) is 4.39 Å². The molecule has 0 aliphatic rings. The van der Waals surface area contributed by atoms with Crippen LogP contribution in [-0.2, 0) is 6.42 Å². The molecule has 0 radical (unpaired) electrons. The zero-order valence-corrected chi connectivity index (χ0v) is 9.38. The van der Waals surface area contributed by atoms with Crippen LogP contribution in [0.1, 0.15) is 38.2 Å². The van der Waals surface area contributed by atoms with Crippen LogP contribution in [0.15, 0.2) is 36.4 Å². The zero-order chi connectivity index (χ0) is 10.9. The summed E-state index contributed by atoms with van der Waals surface area (Å²) < 4.78 is 12.8. The molecule has 0 aliphatic carbocycles. The van der Waals surface area contributed by atoms with Crippen LogP contribution < -0.4 is 0 Å². The van der Waals surface area contributed by atoms with Crippen molar-refractivity contribution in [1.82, 2.24) is 0 Å². The van der Waals surface area contributed by atoms with Gasteiger partial charge in [0.2, 0.25) is 0 Å². The van der Waals surface area contributed by atoms with E-state index in [1.54, 1.807) is 12.1 Å². The molecule has 0 heterocycles. The predicted octanol–water partition coefficient (Wildman–Crippen LogP) is 4.50. The Balaban J connectivity index is 2.24. The highest BCUT2D eigenvalue weighted by Gasteiger charge is 1.91. The Morgan fingerprint density at radius 3 is 2.80 bits per heavy atom. The molecule has 1 rings (SSSR count). The predicted molar refractivity (Wildman–Crippen MR) is 63.4 cm³/mol. The first-order valence-electron chi connectivity index (χ1n) is 5.72. The smallest absolute Gasteiger partial charge is 0.123 e. The maximum atomic E-state index is 12.8. The van der Waals surface area contributed by atoms with Gasteiger partial charge in [-0.2, -0.15) is 0 Å². The van der Waals surface area contributed by atoms with Crippen molar-refractivity contribution in [2.24, 2.45) is 0 Å². The van der Waals surface area contributed by atoms with E-state index in [1.165, 1.54) is 25.3 Å². The van der Waals surface area contributed by atoms with Gasteiger partial charge in [-0.3, -0.25) is 0 Å². The minimum Gasteiger partial charge on any atom is -0.207 e. The first-order valence-corrected chi connectivity index (χ1v) is 5.72. The third-order valence-electron chi connectivity index (χ3n) is 2.38. The fraction of sp³-hybridized carbons (Fsp3) is 0.429. The molecule has 0 atom stereocenters. The van der Waals surface area contributed by atoms with Crippen LogP contribution in [0.25, 0.3) is 0 Å². The Bertz CT molecular complexity index is 302. The van der Waals surface area contributed by atoms with Crippen LogP contribution in [0.3, 0.4) is 0 Å². The maximum absolute atomic E-state index is 12.8. The summed E-state index contributed by atoms with van der Waals surface area (Å²) in [5.74, 6) is -0.146. The molecule has 0 saturated heterocycles. The Kier molecular flexibility index (Phi) is 5.76. The van der Waals surface area contributed by atoms with Crippen LogP contribution in [-0.4, -0.2) is 0 Å². The van der Waals surface area contributed by atoms with Crippen LogP contribution in [0.2, 0.25) is 0 Å². The lowest BCUT2D eigenvalue weighted by Crippen LogP contribution is -1.82. The second-order valence-corrected chi connectivity index (χ2v) is 3.80. The lowest BCUT2D eigenvalue weighted by molar-refractivity contribution is 0.626. The molecule has 1 aromatic rings. The Morgan fingerprint density at radius 1 is 1.20 bits per heavy atom. The molecule has 0 aliphatic heterocycles. The number of hydrogen-bond acceptors (Lipinski definition) is 0. The molecule has 15 heavy (non-hydrogen) atoms. The van der Waals surface area contributed by atoms with Crippen LogP contribution in [0.4, 0.5) is 4.39 Å². The van der Waals surface area contributed by atoms with Crippen molar-refractivity contribution in [3.05, 3.63) is 47.8 Å². The lowest BCUT2D eigenvalue weighted by Gasteiger charge is -1.96. The molecule has 0 saturated carbocycles. The molecule has 0 unspecified atom stereocenters. The van der Waals surface area contributed by atoms with Crippen molar-refractivity contribution in [2.45, 2.75) is 39.0 Å². The highest BCUT2D eigenvalue weighted by atomic mass is 19.1. The van der Waals surface area contributed by atoms with Crippen molar-refractivity contribution in [3.8, 4) is 0 Å². The molecule has 0 nitrogen and oxygen atoms in total. The van der Waals surface area contributed by atoms with E-state index in [4.69, 9.17) is 0 Å². The zero-order valence-electron chi connectivity index (χ0n) is 9.38. The van der Waals surface area contributed by atoms with Gasteiger partial charge in [0, 0.05) is 0 Å². The van der Waals surface area contributed by atoms with Crippen molar-refractivity contribution in [1.29, 1.82) is 0 Å². The number of halogens is 1. The molecule has 1 heteroatoms. The summed E-state index contributed by atoms with van der Waals surface area (Å²) in [5.41, 5.74) is 1.04. The van der Waals surface area contributed by atoms with E-state index >= 15 is 0 Å². The van der Waals surface area contributed by atoms with Gasteiger partial charge in [-0.15, -0.1) is 0 Å². The number of unbranched alkanes of at least 4 members (excludes halogenated alkanes) is 3. The van der Waals surface area contributed by atoms with Gasteiger partial charge in [-0.05, 0) is 37.0 Å². The lowest BCUT2D eigenvalue weighted by atomic mass is 10.1. The van der Waals surface area contributed by atoms with Crippen LogP contribution in [0.5, 0.6) is 0 Å². The summed E-state index contributed by atoms with van der Waals surface area (Å²) in [4.78, 5) is 0. The van der Waals surface area contributed by atoms with Crippen LogP contribution >= 0.6 is 0 Å². The summed E-state index contributed by atoms with van der Waals surface area (Å²) in [7, 11) is 0. The summed E-state index contributed by atoms with van der Waals surface area (Å²) in [6.07, 6.45) is 10.1. The summed E-state index contributed by atoms with van der Waals surface area (Å²) in [6, 6.07) is 6.79. The molecule has 1 aromatic carbocycles. The van der Waals surface area contributed by atoms with E-state index < -0.39 is 0 Å². The number of allylic oxidation sites excluding steroid dienone is 2. The molecule has 0 spiro atoms. The second-order valence-electron chi connectivity index (χ2n) is 3.80.